The Morgan fingerprint density at radius 3 is 1.92 bits per heavy atom. The quantitative estimate of drug-likeness (QED) is 0.846. The van der Waals surface area contributed by atoms with Crippen molar-refractivity contribution in [2.24, 2.45) is 0 Å². The van der Waals surface area contributed by atoms with Gasteiger partial charge in [0.25, 0.3) is 0 Å². The fraction of sp³-hybridized carbons (Fsp3) is 0. The standard InChI is InChI=1S/C8H6Br2O2/c1-2-6-3-7(11-9)5-8(4-6)12-10/h2-5H,1H2. The van der Waals surface area contributed by atoms with Crippen LogP contribution in [0.15, 0.2) is 24.8 Å². The van der Waals surface area contributed by atoms with Crippen LogP contribution in [-0.2, 0) is 0 Å². The van der Waals surface area contributed by atoms with Crippen molar-refractivity contribution in [2.75, 3.05) is 0 Å². The first-order valence-corrected chi connectivity index (χ1v) is 4.44. The van der Waals surface area contributed by atoms with Crippen molar-refractivity contribution < 1.29 is 7.66 Å². The van der Waals surface area contributed by atoms with Gasteiger partial charge in [-0.3, -0.25) is 0 Å². The molecule has 0 bridgehead atoms. The van der Waals surface area contributed by atoms with E-state index in [1.54, 1.807) is 12.1 Å². The van der Waals surface area contributed by atoms with Gasteiger partial charge in [-0.2, -0.15) is 0 Å². The highest BCUT2D eigenvalue weighted by Crippen LogP contribution is 2.25. The van der Waals surface area contributed by atoms with Crippen molar-refractivity contribution in [1.82, 2.24) is 0 Å². The summed E-state index contributed by atoms with van der Waals surface area (Å²) in [5, 5.41) is 0. The lowest BCUT2D eigenvalue weighted by Gasteiger charge is -2.02. The Bertz CT molecular complexity index is 264. The number of rotatable bonds is 3. The maximum atomic E-state index is 4.86. The molecule has 0 unspecified atom stereocenters. The van der Waals surface area contributed by atoms with Gasteiger partial charge in [0, 0.05) is 6.07 Å². The zero-order valence-electron chi connectivity index (χ0n) is 6.09. The van der Waals surface area contributed by atoms with E-state index < -0.39 is 0 Å². The van der Waals surface area contributed by atoms with Gasteiger partial charge in [-0.25, -0.2) is 0 Å². The lowest BCUT2D eigenvalue weighted by molar-refractivity contribution is 0.647. The van der Waals surface area contributed by atoms with Gasteiger partial charge in [0.2, 0.25) is 0 Å². The van der Waals surface area contributed by atoms with E-state index in [1.165, 1.54) is 0 Å². The Morgan fingerprint density at radius 2 is 1.58 bits per heavy atom. The van der Waals surface area contributed by atoms with Gasteiger partial charge in [-0.05, 0) is 17.7 Å². The van der Waals surface area contributed by atoms with Crippen molar-refractivity contribution in [3.63, 3.8) is 0 Å². The molecule has 0 aliphatic rings. The minimum absolute atomic E-state index is 0.668. The number of halogens is 2. The van der Waals surface area contributed by atoms with Gasteiger partial charge in [-0.15, -0.1) is 0 Å². The Labute approximate surface area is 88.1 Å². The Hall–Kier alpha value is -0.480. The second-order valence-corrected chi connectivity index (χ2v) is 2.74. The van der Waals surface area contributed by atoms with Crippen LogP contribution in [0.25, 0.3) is 6.08 Å². The molecule has 12 heavy (non-hydrogen) atoms. The summed E-state index contributed by atoms with van der Waals surface area (Å²) in [4.78, 5) is 0. The van der Waals surface area contributed by atoms with E-state index in [2.05, 4.69) is 39.1 Å². The maximum absolute atomic E-state index is 4.86. The van der Waals surface area contributed by atoms with Gasteiger partial charge < -0.3 is 7.66 Å². The van der Waals surface area contributed by atoms with Crippen LogP contribution in [0.5, 0.6) is 11.5 Å². The van der Waals surface area contributed by atoms with E-state index in [1.807, 2.05) is 12.1 Å². The monoisotopic (exact) mass is 292 g/mol. The zero-order valence-corrected chi connectivity index (χ0v) is 9.26. The third-order valence-electron chi connectivity index (χ3n) is 1.32. The maximum Gasteiger partial charge on any atom is 0.179 e. The molecule has 0 aliphatic heterocycles. The van der Waals surface area contributed by atoms with Crippen LogP contribution >= 0.6 is 32.5 Å². The summed E-state index contributed by atoms with van der Waals surface area (Å²) < 4.78 is 9.73. The number of hydrogen-bond acceptors (Lipinski definition) is 2. The highest BCUT2D eigenvalue weighted by atomic mass is 79.9. The molecule has 0 saturated heterocycles. The number of hydrogen-bond donors (Lipinski definition) is 0. The van der Waals surface area contributed by atoms with Crippen molar-refractivity contribution in [3.05, 3.63) is 30.3 Å². The third-order valence-corrected chi connectivity index (χ3v) is 2.06. The highest BCUT2D eigenvalue weighted by Gasteiger charge is 1.99. The molecule has 4 heteroatoms. The predicted octanol–water partition coefficient (Wildman–Crippen LogP) is 3.71. The zero-order chi connectivity index (χ0) is 8.97. The van der Waals surface area contributed by atoms with Gasteiger partial charge in [0.15, 0.2) is 32.5 Å². The molecule has 0 atom stereocenters. The first-order valence-electron chi connectivity index (χ1n) is 3.15. The SMILES string of the molecule is C=Cc1cc(OBr)cc(OBr)c1. The summed E-state index contributed by atoms with van der Waals surface area (Å²) in [7, 11) is 0. The molecule has 0 radical (unpaired) electrons. The van der Waals surface area contributed by atoms with Crippen LogP contribution in [0.1, 0.15) is 5.56 Å². The lowest BCUT2D eigenvalue weighted by Crippen LogP contribution is -1.80. The summed E-state index contributed by atoms with van der Waals surface area (Å²) >= 11 is 5.76. The van der Waals surface area contributed by atoms with E-state index >= 15 is 0 Å². The van der Waals surface area contributed by atoms with E-state index in [9.17, 15) is 0 Å². The summed E-state index contributed by atoms with van der Waals surface area (Å²) in [6.07, 6.45) is 1.71. The van der Waals surface area contributed by atoms with E-state index in [4.69, 9.17) is 7.66 Å². The lowest BCUT2D eigenvalue weighted by atomic mass is 10.2. The van der Waals surface area contributed by atoms with Crippen molar-refractivity contribution in [3.8, 4) is 11.5 Å². The molecule has 0 spiro atoms. The van der Waals surface area contributed by atoms with E-state index in [-0.39, 0.29) is 0 Å². The average molecular weight is 294 g/mol. The molecule has 0 saturated carbocycles. The first-order chi connectivity index (χ1) is 5.80. The Morgan fingerprint density at radius 1 is 1.08 bits per heavy atom. The van der Waals surface area contributed by atoms with Gasteiger partial charge >= 0.3 is 0 Å². The first kappa shape index (κ1) is 9.61. The van der Waals surface area contributed by atoms with Crippen molar-refractivity contribution >= 4 is 38.6 Å². The van der Waals surface area contributed by atoms with Crippen molar-refractivity contribution in [1.29, 1.82) is 0 Å². The Kier molecular flexibility index (Phi) is 3.62. The smallest absolute Gasteiger partial charge is 0.179 e. The highest BCUT2D eigenvalue weighted by molar-refractivity contribution is 9.06. The molecule has 1 aromatic carbocycles. The second kappa shape index (κ2) is 4.52. The molecule has 2 nitrogen and oxygen atoms in total. The molecule has 1 aromatic rings. The predicted molar refractivity (Wildman–Crippen MR) is 55.6 cm³/mol. The number of benzene rings is 1. The van der Waals surface area contributed by atoms with Gasteiger partial charge in [0.05, 0.1) is 0 Å². The van der Waals surface area contributed by atoms with Crippen LogP contribution in [0, 0.1) is 0 Å². The normalized spacial score (nSPS) is 9.17. The van der Waals surface area contributed by atoms with Crippen LogP contribution in [0.3, 0.4) is 0 Å². The summed E-state index contributed by atoms with van der Waals surface area (Å²) in [6.45, 7) is 3.64. The molecule has 64 valence electrons. The van der Waals surface area contributed by atoms with Crippen LogP contribution < -0.4 is 7.66 Å². The van der Waals surface area contributed by atoms with Crippen LogP contribution in [0.2, 0.25) is 0 Å². The van der Waals surface area contributed by atoms with Gasteiger partial charge in [0.1, 0.15) is 11.5 Å². The topological polar surface area (TPSA) is 18.5 Å². The fourth-order valence-corrected chi connectivity index (χ4v) is 1.17. The van der Waals surface area contributed by atoms with E-state index in [0.29, 0.717) is 11.5 Å². The average Bonchev–Trinajstić information content (AvgIpc) is 2.16. The minimum Gasteiger partial charge on any atom is -0.418 e. The summed E-state index contributed by atoms with van der Waals surface area (Å²) in [5.41, 5.74) is 0.932. The van der Waals surface area contributed by atoms with Crippen LogP contribution in [-0.4, -0.2) is 0 Å². The third kappa shape index (κ3) is 2.25. The van der Waals surface area contributed by atoms with Crippen molar-refractivity contribution in [2.45, 2.75) is 0 Å². The molecule has 0 amide bonds. The molecule has 0 N–H and O–H groups in total. The second-order valence-electron chi connectivity index (χ2n) is 2.10. The molecular formula is C8H6Br2O2. The summed E-state index contributed by atoms with van der Waals surface area (Å²) in [5.74, 6) is 1.34. The van der Waals surface area contributed by atoms with Crippen LogP contribution in [0.4, 0.5) is 0 Å². The largest absolute Gasteiger partial charge is 0.418 e. The molecule has 0 heterocycles. The fourth-order valence-electron chi connectivity index (χ4n) is 0.801. The minimum atomic E-state index is 0.668. The van der Waals surface area contributed by atoms with E-state index in [0.717, 1.165) is 5.56 Å². The molecular weight excluding hydrogens is 288 g/mol. The molecule has 0 aliphatic carbocycles. The molecule has 0 fully saturated rings. The summed E-state index contributed by atoms with van der Waals surface area (Å²) in [6, 6.07) is 5.39. The Balaban J connectivity index is 3.09. The van der Waals surface area contributed by atoms with Gasteiger partial charge in [-0.1, -0.05) is 12.7 Å². The molecule has 1 rings (SSSR count). The molecule has 0 aromatic heterocycles.